The summed E-state index contributed by atoms with van der Waals surface area (Å²) in [5, 5.41) is 12.9. The van der Waals surface area contributed by atoms with Gasteiger partial charge < -0.3 is 5.32 Å². The van der Waals surface area contributed by atoms with E-state index in [2.05, 4.69) is 18.3 Å². The summed E-state index contributed by atoms with van der Waals surface area (Å²) in [6.07, 6.45) is 5.97. The monoisotopic (exact) mass is 340 g/mol. The molecule has 1 heterocycles. The molecule has 1 N–H and O–H groups in total. The van der Waals surface area contributed by atoms with E-state index in [1.165, 1.54) is 34.4 Å². The van der Waals surface area contributed by atoms with Gasteiger partial charge in [-0.25, -0.2) is 4.39 Å². The first-order valence-electron chi connectivity index (χ1n) is 7.86. The average Bonchev–Trinajstić information content (AvgIpc) is 2.90. The number of benzene rings is 1. The van der Waals surface area contributed by atoms with Crippen LogP contribution >= 0.6 is 11.3 Å². The van der Waals surface area contributed by atoms with E-state index in [9.17, 15) is 14.4 Å². The van der Waals surface area contributed by atoms with Crippen LogP contribution in [0.2, 0.25) is 0 Å². The zero-order valence-corrected chi connectivity index (χ0v) is 14.1. The van der Waals surface area contributed by atoms with Crippen molar-refractivity contribution in [2.75, 3.05) is 5.32 Å². The molecule has 1 atom stereocenters. The van der Waals surface area contributed by atoms with Crippen LogP contribution in [0.15, 0.2) is 30.3 Å². The lowest BCUT2D eigenvalue weighted by molar-refractivity contribution is -0.111. The Morgan fingerprint density at radius 3 is 2.88 bits per heavy atom. The van der Waals surface area contributed by atoms with E-state index in [0.29, 0.717) is 16.5 Å². The van der Waals surface area contributed by atoms with Gasteiger partial charge in [-0.15, -0.1) is 11.3 Å². The van der Waals surface area contributed by atoms with Crippen LogP contribution in [0.4, 0.5) is 9.39 Å². The predicted octanol–water partition coefficient (Wildman–Crippen LogP) is 4.54. The summed E-state index contributed by atoms with van der Waals surface area (Å²) in [7, 11) is 0. The number of halogens is 1. The van der Waals surface area contributed by atoms with Crippen molar-refractivity contribution >= 4 is 28.3 Å². The van der Waals surface area contributed by atoms with Gasteiger partial charge in [0.25, 0.3) is 0 Å². The van der Waals surface area contributed by atoms with E-state index in [-0.39, 0.29) is 11.7 Å². The Labute approximate surface area is 144 Å². The van der Waals surface area contributed by atoms with Gasteiger partial charge in [-0.2, -0.15) is 5.26 Å². The molecular weight excluding hydrogens is 323 g/mol. The van der Waals surface area contributed by atoms with Crippen molar-refractivity contribution in [3.63, 3.8) is 0 Å². The summed E-state index contributed by atoms with van der Waals surface area (Å²) in [5.41, 5.74) is 2.44. The fourth-order valence-corrected chi connectivity index (χ4v) is 4.22. The van der Waals surface area contributed by atoms with Crippen molar-refractivity contribution in [3.05, 3.63) is 57.7 Å². The van der Waals surface area contributed by atoms with Gasteiger partial charge in [0.1, 0.15) is 16.9 Å². The molecule has 122 valence electrons. The molecule has 0 aliphatic heterocycles. The molecule has 0 fully saturated rings. The minimum Gasteiger partial charge on any atom is -0.313 e. The molecule has 0 bridgehead atoms. The second-order valence-corrected chi connectivity index (χ2v) is 7.15. The van der Waals surface area contributed by atoms with E-state index in [1.807, 2.05) is 0 Å². The number of amides is 1. The Morgan fingerprint density at radius 1 is 1.42 bits per heavy atom. The standard InChI is InChI=1S/C19H17FN2OS/c1-12-2-8-15-16(11-21)19(24-17(15)10-12)22-18(23)9-5-13-3-6-14(20)7-4-13/h3-7,9,12H,2,8,10H2,1H3,(H,22,23)/b9-5+/t12-/m1/s1. The number of hydrogen-bond donors (Lipinski definition) is 1. The molecule has 3 rings (SSSR count). The van der Waals surface area contributed by atoms with Crippen molar-refractivity contribution in [1.29, 1.82) is 5.26 Å². The van der Waals surface area contributed by atoms with Crippen molar-refractivity contribution in [1.82, 2.24) is 0 Å². The van der Waals surface area contributed by atoms with Crippen LogP contribution < -0.4 is 5.32 Å². The summed E-state index contributed by atoms with van der Waals surface area (Å²) < 4.78 is 12.9. The van der Waals surface area contributed by atoms with Crippen LogP contribution in [0.1, 0.15) is 34.9 Å². The largest absolute Gasteiger partial charge is 0.313 e. The number of nitrogens with one attached hydrogen (secondary N) is 1. The lowest BCUT2D eigenvalue weighted by atomic mass is 9.89. The van der Waals surface area contributed by atoms with Crippen LogP contribution in [0.3, 0.4) is 0 Å². The highest BCUT2D eigenvalue weighted by Crippen LogP contribution is 2.39. The molecule has 24 heavy (non-hydrogen) atoms. The van der Waals surface area contributed by atoms with Crippen LogP contribution in [0, 0.1) is 23.1 Å². The molecule has 1 aromatic carbocycles. The zero-order chi connectivity index (χ0) is 17.1. The zero-order valence-electron chi connectivity index (χ0n) is 13.3. The minimum atomic E-state index is -0.311. The molecule has 5 heteroatoms. The maximum atomic E-state index is 12.9. The van der Waals surface area contributed by atoms with Gasteiger partial charge in [-0.05, 0) is 54.5 Å². The Balaban J connectivity index is 1.75. The highest BCUT2D eigenvalue weighted by atomic mass is 32.1. The second kappa shape index (κ2) is 6.98. The Hall–Kier alpha value is -2.45. The third-order valence-corrected chi connectivity index (χ3v) is 5.33. The van der Waals surface area contributed by atoms with E-state index < -0.39 is 0 Å². The third kappa shape index (κ3) is 3.55. The van der Waals surface area contributed by atoms with Crippen molar-refractivity contribution in [2.24, 2.45) is 5.92 Å². The van der Waals surface area contributed by atoms with Crippen LogP contribution in [0.25, 0.3) is 6.08 Å². The number of nitriles is 1. The van der Waals surface area contributed by atoms with Crippen LogP contribution in [-0.4, -0.2) is 5.91 Å². The van der Waals surface area contributed by atoms with Gasteiger partial charge >= 0.3 is 0 Å². The topological polar surface area (TPSA) is 52.9 Å². The van der Waals surface area contributed by atoms with Gasteiger partial charge in [0, 0.05) is 11.0 Å². The SMILES string of the molecule is C[C@@H]1CCc2c(sc(NC(=O)/C=C/c3ccc(F)cc3)c2C#N)C1. The summed E-state index contributed by atoms with van der Waals surface area (Å²) >= 11 is 1.50. The van der Waals surface area contributed by atoms with Gasteiger partial charge in [0.2, 0.25) is 5.91 Å². The number of thiophene rings is 1. The van der Waals surface area contributed by atoms with E-state index in [1.54, 1.807) is 18.2 Å². The Kier molecular flexibility index (Phi) is 4.77. The van der Waals surface area contributed by atoms with Gasteiger partial charge in [-0.3, -0.25) is 4.79 Å². The number of hydrogen-bond acceptors (Lipinski definition) is 3. The van der Waals surface area contributed by atoms with Gasteiger partial charge in [-0.1, -0.05) is 19.1 Å². The molecular formula is C19H17FN2OS. The molecule has 0 saturated heterocycles. The number of carbonyl (C=O) groups is 1. The van der Waals surface area contributed by atoms with Crippen molar-refractivity contribution in [2.45, 2.75) is 26.2 Å². The fraction of sp³-hybridized carbons (Fsp3) is 0.263. The molecule has 3 nitrogen and oxygen atoms in total. The molecule has 1 aliphatic carbocycles. The first-order chi connectivity index (χ1) is 11.6. The van der Waals surface area contributed by atoms with Crippen LogP contribution in [-0.2, 0) is 17.6 Å². The summed E-state index contributed by atoms with van der Waals surface area (Å²) in [5.74, 6) is 0.0146. The molecule has 1 aliphatic rings. The van der Waals surface area contributed by atoms with E-state index >= 15 is 0 Å². The van der Waals surface area contributed by atoms with E-state index in [0.717, 1.165) is 30.4 Å². The predicted molar refractivity (Wildman–Crippen MR) is 94.3 cm³/mol. The first-order valence-corrected chi connectivity index (χ1v) is 8.67. The molecule has 0 saturated carbocycles. The molecule has 2 aromatic rings. The number of fused-ring (bicyclic) bond motifs is 1. The average molecular weight is 340 g/mol. The molecule has 0 unspecified atom stereocenters. The maximum Gasteiger partial charge on any atom is 0.249 e. The molecule has 0 spiro atoms. The van der Waals surface area contributed by atoms with Crippen molar-refractivity contribution < 1.29 is 9.18 Å². The summed E-state index contributed by atoms with van der Waals surface area (Å²) in [4.78, 5) is 13.3. The number of anilines is 1. The highest BCUT2D eigenvalue weighted by Gasteiger charge is 2.24. The fourth-order valence-electron chi connectivity index (χ4n) is 2.86. The summed E-state index contributed by atoms with van der Waals surface area (Å²) in [6, 6.07) is 8.13. The lowest BCUT2D eigenvalue weighted by Crippen LogP contribution is -2.10. The lowest BCUT2D eigenvalue weighted by Gasteiger charge is -2.17. The Bertz CT molecular complexity index is 830. The number of rotatable bonds is 3. The molecule has 1 aromatic heterocycles. The van der Waals surface area contributed by atoms with Crippen molar-refractivity contribution in [3.8, 4) is 6.07 Å². The van der Waals surface area contributed by atoms with Gasteiger partial charge in [0.15, 0.2) is 0 Å². The van der Waals surface area contributed by atoms with Gasteiger partial charge in [0.05, 0.1) is 5.56 Å². The summed E-state index contributed by atoms with van der Waals surface area (Å²) in [6.45, 7) is 2.21. The Morgan fingerprint density at radius 2 is 2.17 bits per heavy atom. The minimum absolute atomic E-state index is 0.289. The smallest absolute Gasteiger partial charge is 0.249 e. The quantitative estimate of drug-likeness (QED) is 0.834. The number of carbonyl (C=O) groups excluding carboxylic acids is 1. The highest BCUT2D eigenvalue weighted by molar-refractivity contribution is 7.16. The number of nitrogens with zero attached hydrogens (tertiary/aromatic N) is 1. The molecule has 0 radical (unpaired) electrons. The first kappa shape index (κ1) is 16.4. The maximum absolute atomic E-state index is 12.9. The molecule has 1 amide bonds. The second-order valence-electron chi connectivity index (χ2n) is 6.04. The normalized spacial score (nSPS) is 16.6. The third-order valence-electron chi connectivity index (χ3n) is 4.16. The van der Waals surface area contributed by atoms with Crippen LogP contribution in [0.5, 0.6) is 0 Å². The van der Waals surface area contributed by atoms with E-state index in [4.69, 9.17) is 0 Å².